The van der Waals surface area contributed by atoms with E-state index in [9.17, 15) is 4.79 Å². The van der Waals surface area contributed by atoms with Crippen LogP contribution in [0, 0.1) is 0 Å². The zero-order valence-corrected chi connectivity index (χ0v) is 11.6. The second kappa shape index (κ2) is 5.37. The minimum Gasteiger partial charge on any atom is -0.365 e. The number of hydrogen-bond donors (Lipinski definition) is 0. The van der Waals surface area contributed by atoms with Gasteiger partial charge in [-0.1, -0.05) is 42.5 Å². The smallest absolute Gasteiger partial charge is 0.228 e. The lowest BCUT2D eigenvalue weighted by Gasteiger charge is -2.25. The molecule has 0 bridgehead atoms. The molecule has 2 aromatic carbocycles. The van der Waals surface area contributed by atoms with E-state index in [1.165, 1.54) is 5.56 Å². The first-order chi connectivity index (χ1) is 9.75. The van der Waals surface area contributed by atoms with Gasteiger partial charge in [-0.2, -0.15) is 0 Å². The van der Waals surface area contributed by atoms with E-state index in [0.717, 1.165) is 24.5 Å². The molecule has 102 valence electrons. The van der Waals surface area contributed by atoms with E-state index in [1.807, 2.05) is 31.3 Å². The molecule has 1 aliphatic rings. The normalized spacial score (nSPS) is 14.9. The van der Waals surface area contributed by atoms with Gasteiger partial charge in [-0.25, -0.2) is 0 Å². The fourth-order valence-corrected chi connectivity index (χ4v) is 2.64. The van der Waals surface area contributed by atoms with Gasteiger partial charge in [-0.05, 0) is 17.7 Å². The van der Waals surface area contributed by atoms with Crippen molar-refractivity contribution >= 4 is 17.3 Å². The summed E-state index contributed by atoms with van der Waals surface area (Å²) in [7, 11) is 1.85. The number of fused-ring (bicyclic) bond motifs is 1. The Morgan fingerprint density at radius 2 is 1.60 bits per heavy atom. The average Bonchev–Trinajstić information content (AvgIpc) is 2.61. The number of nitrogens with zero attached hydrogens (tertiary/aromatic N) is 2. The third-order valence-corrected chi connectivity index (χ3v) is 3.77. The molecule has 0 saturated carbocycles. The number of amides is 1. The second-order valence-corrected chi connectivity index (χ2v) is 5.10. The molecule has 3 nitrogen and oxygen atoms in total. The van der Waals surface area contributed by atoms with E-state index in [-0.39, 0.29) is 5.91 Å². The maximum absolute atomic E-state index is 12.1. The molecule has 0 aromatic heterocycles. The molecule has 2 aromatic rings. The van der Waals surface area contributed by atoms with Crippen molar-refractivity contribution in [2.45, 2.75) is 13.0 Å². The standard InChI is InChI=1S/C17H18N2O/c1-18-15-9-5-6-10-16(15)19(12-11-17(18)20)13-14-7-3-2-4-8-14/h2-10H,11-13H2,1H3. The highest BCUT2D eigenvalue weighted by atomic mass is 16.2. The predicted octanol–water partition coefficient (Wildman–Crippen LogP) is 3.06. The van der Waals surface area contributed by atoms with Crippen LogP contribution in [0.2, 0.25) is 0 Å². The van der Waals surface area contributed by atoms with Crippen LogP contribution in [-0.2, 0) is 11.3 Å². The lowest BCUT2D eigenvalue weighted by atomic mass is 10.2. The van der Waals surface area contributed by atoms with Crippen LogP contribution < -0.4 is 9.80 Å². The fraction of sp³-hybridized carbons (Fsp3) is 0.235. The molecule has 0 fully saturated rings. The Bertz CT molecular complexity index is 609. The predicted molar refractivity (Wildman–Crippen MR) is 82.0 cm³/mol. The van der Waals surface area contributed by atoms with Crippen LogP contribution in [0.5, 0.6) is 0 Å². The van der Waals surface area contributed by atoms with Gasteiger partial charge in [-0.15, -0.1) is 0 Å². The Hall–Kier alpha value is -2.29. The van der Waals surface area contributed by atoms with Crippen LogP contribution in [-0.4, -0.2) is 19.5 Å². The number of carbonyl (C=O) groups excluding carboxylic acids is 1. The molecule has 0 aliphatic carbocycles. The van der Waals surface area contributed by atoms with Crippen molar-refractivity contribution in [2.75, 3.05) is 23.4 Å². The number of anilines is 2. The molecule has 3 heteroatoms. The summed E-state index contributed by atoms with van der Waals surface area (Å²) in [6.45, 7) is 1.59. The van der Waals surface area contributed by atoms with Crippen molar-refractivity contribution in [1.29, 1.82) is 0 Å². The van der Waals surface area contributed by atoms with Gasteiger partial charge in [0.15, 0.2) is 0 Å². The van der Waals surface area contributed by atoms with Crippen LogP contribution in [0.3, 0.4) is 0 Å². The average molecular weight is 266 g/mol. The molecule has 0 atom stereocenters. The Labute approximate surface area is 119 Å². The monoisotopic (exact) mass is 266 g/mol. The maximum atomic E-state index is 12.1. The largest absolute Gasteiger partial charge is 0.365 e. The number of para-hydroxylation sites is 2. The van der Waals surface area contributed by atoms with Crippen LogP contribution in [0.15, 0.2) is 54.6 Å². The highest BCUT2D eigenvalue weighted by molar-refractivity contribution is 5.98. The first-order valence-electron chi connectivity index (χ1n) is 6.90. The van der Waals surface area contributed by atoms with Gasteiger partial charge in [0.25, 0.3) is 0 Å². The van der Waals surface area contributed by atoms with Crippen LogP contribution in [0.1, 0.15) is 12.0 Å². The minimum absolute atomic E-state index is 0.174. The summed E-state index contributed by atoms with van der Waals surface area (Å²) in [6.07, 6.45) is 0.554. The third kappa shape index (κ3) is 2.39. The molecule has 1 amide bonds. The van der Waals surface area contributed by atoms with E-state index in [2.05, 4.69) is 35.2 Å². The molecule has 1 aliphatic heterocycles. The second-order valence-electron chi connectivity index (χ2n) is 5.10. The summed E-state index contributed by atoms with van der Waals surface area (Å²) in [5.74, 6) is 0.174. The van der Waals surface area contributed by atoms with Crippen LogP contribution in [0.4, 0.5) is 11.4 Å². The molecule has 0 radical (unpaired) electrons. The first-order valence-corrected chi connectivity index (χ1v) is 6.90. The van der Waals surface area contributed by atoms with E-state index in [4.69, 9.17) is 0 Å². The highest BCUT2D eigenvalue weighted by Gasteiger charge is 2.23. The number of carbonyl (C=O) groups is 1. The summed E-state index contributed by atoms with van der Waals surface area (Å²) in [4.78, 5) is 16.1. The summed E-state index contributed by atoms with van der Waals surface area (Å²) in [5.41, 5.74) is 3.38. The van der Waals surface area contributed by atoms with Gasteiger partial charge in [-0.3, -0.25) is 4.79 Å². The highest BCUT2D eigenvalue weighted by Crippen LogP contribution is 2.32. The molecule has 0 unspecified atom stereocenters. The molecule has 20 heavy (non-hydrogen) atoms. The van der Waals surface area contributed by atoms with Gasteiger partial charge in [0.2, 0.25) is 5.91 Å². The van der Waals surface area contributed by atoms with Crippen LogP contribution >= 0.6 is 0 Å². The van der Waals surface area contributed by atoms with Gasteiger partial charge in [0.05, 0.1) is 11.4 Å². The molecule has 3 rings (SSSR count). The van der Waals surface area contributed by atoms with Crippen molar-refractivity contribution in [2.24, 2.45) is 0 Å². The fourth-order valence-electron chi connectivity index (χ4n) is 2.64. The van der Waals surface area contributed by atoms with Crippen molar-refractivity contribution in [3.8, 4) is 0 Å². The minimum atomic E-state index is 0.174. The molecule has 0 saturated heterocycles. The maximum Gasteiger partial charge on any atom is 0.228 e. The third-order valence-electron chi connectivity index (χ3n) is 3.77. The zero-order chi connectivity index (χ0) is 13.9. The number of benzene rings is 2. The Kier molecular flexibility index (Phi) is 3.42. The van der Waals surface area contributed by atoms with Crippen molar-refractivity contribution in [3.63, 3.8) is 0 Å². The SMILES string of the molecule is CN1C(=O)CCN(Cc2ccccc2)c2ccccc21. The van der Waals surface area contributed by atoms with Crippen molar-refractivity contribution in [3.05, 3.63) is 60.2 Å². The van der Waals surface area contributed by atoms with Gasteiger partial charge in [0, 0.05) is 26.6 Å². The van der Waals surface area contributed by atoms with Gasteiger partial charge in [0.1, 0.15) is 0 Å². The summed E-state index contributed by atoms with van der Waals surface area (Å²) in [6, 6.07) is 18.5. The Morgan fingerprint density at radius 3 is 2.35 bits per heavy atom. The summed E-state index contributed by atoms with van der Waals surface area (Å²) in [5, 5.41) is 0. The quantitative estimate of drug-likeness (QED) is 0.834. The first kappa shape index (κ1) is 12.7. The van der Waals surface area contributed by atoms with Gasteiger partial charge >= 0.3 is 0 Å². The molecule has 1 heterocycles. The van der Waals surface area contributed by atoms with E-state index < -0.39 is 0 Å². The lowest BCUT2D eigenvalue weighted by Crippen LogP contribution is -2.26. The Balaban J connectivity index is 1.95. The lowest BCUT2D eigenvalue weighted by molar-refractivity contribution is -0.118. The summed E-state index contributed by atoms with van der Waals surface area (Å²) < 4.78 is 0. The van der Waals surface area contributed by atoms with E-state index >= 15 is 0 Å². The molecule has 0 spiro atoms. The van der Waals surface area contributed by atoms with E-state index in [0.29, 0.717) is 6.42 Å². The molecular weight excluding hydrogens is 248 g/mol. The van der Waals surface area contributed by atoms with Crippen molar-refractivity contribution in [1.82, 2.24) is 0 Å². The number of hydrogen-bond acceptors (Lipinski definition) is 2. The van der Waals surface area contributed by atoms with Crippen LogP contribution in [0.25, 0.3) is 0 Å². The van der Waals surface area contributed by atoms with Gasteiger partial charge < -0.3 is 9.80 Å². The topological polar surface area (TPSA) is 23.6 Å². The summed E-state index contributed by atoms with van der Waals surface area (Å²) >= 11 is 0. The van der Waals surface area contributed by atoms with E-state index in [1.54, 1.807) is 4.90 Å². The molecular formula is C17H18N2O. The number of rotatable bonds is 2. The van der Waals surface area contributed by atoms with Crippen molar-refractivity contribution < 1.29 is 4.79 Å². The Morgan fingerprint density at radius 1 is 0.950 bits per heavy atom. The zero-order valence-electron chi connectivity index (χ0n) is 11.6. The molecule has 0 N–H and O–H groups in total.